The van der Waals surface area contributed by atoms with Crippen LogP contribution in [-0.2, 0) is 0 Å². The van der Waals surface area contributed by atoms with E-state index in [1.807, 2.05) is 78.9 Å². The summed E-state index contributed by atoms with van der Waals surface area (Å²) < 4.78 is 5.83. The molecular formula is C24H18N4O2S. The lowest BCUT2D eigenvalue weighted by Crippen LogP contribution is -2.35. The Morgan fingerprint density at radius 3 is 2.26 bits per heavy atom. The van der Waals surface area contributed by atoms with E-state index in [1.54, 1.807) is 12.3 Å². The monoisotopic (exact) mass is 426 g/mol. The summed E-state index contributed by atoms with van der Waals surface area (Å²) >= 11 is 5.31. The lowest BCUT2D eigenvalue weighted by atomic mass is 10.1. The molecule has 0 aliphatic rings. The molecule has 0 aliphatic carbocycles. The molecule has 1 heterocycles. The second-order valence-corrected chi connectivity index (χ2v) is 6.88. The highest BCUT2D eigenvalue weighted by Gasteiger charge is 2.16. The summed E-state index contributed by atoms with van der Waals surface area (Å²) in [5.74, 6) is 0.929. The van der Waals surface area contributed by atoms with Crippen LogP contribution in [0.25, 0.3) is 11.3 Å². The number of carbonyl (C=O) groups is 1. The van der Waals surface area contributed by atoms with Crippen LogP contribution in [0.5, 0.6) is 11.5 Å². The first-order chi connectivity index (χ1) is 15.2. The molecular weight excluding hydrogens is 408 g/mol. The van der Waals surface area contributed by atoms with Gasteiger partial charge < -0.3 is 10.1 Å². The fourth-order valence-corrected chi connectivity index (χ4v) is 3.11. The van der Waals surface area contributed by atoms with Gasteiger partial charge in [-0.25, -0.2) is 4.98 Å². The topological polar surface area (TPSA) is 76.1 Å². The third kappa shape index (κ3) is 5.29. The first kappa shape index (κ1) is 20.2. The average molecular weight is 427 g/mol. The van der Waals surface area contributed by atoms with E-state index in [9.17, 15) is 4.79 Å². The number of anilines is 1. The molecule has 4 rings (SSSR count). The van der Waals surface area contributed by atoms with Crippen LogP contribution in [0.15, 0.2) is 97.3 Å². The van der Waals surface area contributed by atoms with Gasteiger partial charge in [-0.15, -0.1) is 0 Å². The third-order valence-corrected chi connectivity index (χ3v) is 4.46. The van der Waals surface area contributed by atoms with Crippen LogP contribution in [0.4, 0.5) is 5.69 Å². The predicted molar refractivity (Wildman–Crippen MR) is 124 cm³/mol. The molecule has 0 bridgehead atoms. The Hall–Kier alpha value is -4.10. The Morgan fingerprint density at radius 1 is 0.806 bits per heavy atom. The van der Waals surface area contributed by atoms with Gasteiger partial charge in [-0.05, 0) is 36.5 Å². The highest BCUT2D eigenvalue weighted by Crippen LogP contribution is 2.24. The van der Waals surface area contributed by atoms with Crippen molar-refractivity contribution in [3.63, 3.8) is 0 Å². The van der Waals surface area contributed by atoms with E-state index in [1.165, 1.54) is 6.20 Å². The number of nitrogens with zero attached hydrogens (tertiary/aromatic N) is 2. The van der Waals surface area contributed by atoms with Gasteiger partial charge in [-0.2, -0.15) is 0 Å². The Bertz CT molecular complexity index is 1200. The summed E-state index contributed by atoms with van der Waals surface area (Å²) in [6, 6.07) is 26.2. The number of hydrogen-bond acceptors (Lipinski definition) is 5. The molecule has 7 heteroatoms. The molecule has 0 spiro atoms. The van der Waals surface area contributed by atoms with Gasteiger partial charge in [-0.3, -0.25) is 15.1 Å². The van der Waals surface area contributed by atoms with Crippen LogP contribution in [0.2, 0.25) is 0 Å². The van der Waals surface area contributed by atoms with Gasteiger partial charge in [-0.1, -0.05) is 54.6 Å². The fourth-order valence-electron chi connectivity index (χ4n) is 2.90. The van der Waals surface area contributed by atoms with Gasteiger partial charge in [0.2, 0.25) is 0 Å². The van der Waals surface area contributed by atoms with Gasteiger partial charge in [0.1, 0.15) is 17.2 Å². The zero-order chi connectivity index (χ0) is 21.5. The lowest BCUT2D eigenvalue weighted by Gasteiger charge is -2.12. The fraction of sp³-hybridized carbons (Fsp3) is 0. The van der Waals surface area contributed by atoms with Crippen LogP contribution in [0, 0.1) is 0 Å². The standard InChI is InChI=1S/C24H18N4O2S/c29-23(22-21(25-14-15-26-22)17-8-3-1-4-9-17)28-24(31)27-18-10-7-13-20(16-18)30-19-11-5-2-6-12-19/h1-16H,(H2,27,28,29,31). The minimum absolute atomic E-state index is 0.145. The number of carbonyl (C=O) groups excluding carboxylic acids is 1. The molecule has 6 nitrogen and oxygen atoms in total. The summed E-state index contributed by atoms with van der Waals surface area (Å²) in [5.41, 5.74) is 2.16. The normalized spacial score (nSPS) is 10.2. The summed E-state index contributed by atoms with van der Waals surface area (Å²) in [6.45, 7) is 0. The van der Waals surface area contributed by atoms with Crippen LogP contribution in [-0.4, -0.2) is 21.0 Å². The third-order valence-electron chi connectivity index (χ3n) is 4.26. The van der Waals surface area contributed by atoms with Gasteiger partial charge in [0.05, 0.1) is 0 Å². The zero-order valence-corrected chi connectivity index (χ0v) is 17.2. The van der Waals surface area contributed by atoms with Crippen molar-refractivity contribution in [2.24, 2.45) is 0 Å². The molecule has 31 heavy (non-hydrogen) atoms. The van der Waals surface area contributed by atoms with E-state index in [0.29, 0.717) is 17.1 Å². The van der Waals surface area contributed by atoms with E-state index >= 15 is 0 Å². The van der Waals surface area contributed by atoms with Gasteiger partial charge in [0.15, 0.2) is 10.8 Å². The highest BCUT2D eigenvalue weighted by molar-refractivity contribution is 7.80. The van der Waals surface area contributed by atoms with Crippen molar-refractivity contribution in [1.29, 1.82) is 0 Å². The number of hydrogen-bond donors (Lipinski definition) is 2. The predicted octanol–water partition coefficient (Wildman–Crippen LogP) is 5.06. The van der Waals surface area contributed by atoms with Crippen molar-refractivity contribution in [3.05, 3.63) is 103 Å². The molecule has 152 valence electrons. The highest BCUT2D eigenvalue weighted by atomic mass is 32.1. The Kier molecular flexibility index (Phi) is 6.25. The number of benzene rings is 3. The number of ether oxygens (including phenoxy) is 1. The van der Waals surface area contributed by atoms with Crippen molar-refractivity contribution in [3.8, 4) is 22.8 Å². The van der Waals surface area contributed by atoms with Crippen LogP contribution in [0.1, 0.15) is 10.5 Å². The number of thiocarbonyl (C=S) groups is 1. The molecule has 0 fully saturated rings. The van der Waals surface area contributed by atoms with Crippen molar-refractivity contribution in [2.75, 3.05) is 5.32 Å². The summed E-state index contributed by atoms with van der Waals surface area (Å²) in [5, 5.41) is 5.81. The molecule has 4 aromatic rings. The van der Waals surface area contributed by atoms with Gasteiger partial charge >= 0.3 is 0 Å². The van der Waals surface area contributed by atoms with Crippen LogP contribution >= 0.6 is 12.2 Å². The minimum Gasteiger partial charge on any atom is -0.457 e. The van der Waals surface area contributed by atoms with Crippen molar-refractivity contribution < 1.29 is 9.53 Å². The molecule has 0 aliphatic heterocycles. The second kappa shape index (κ2) is 9.60. The van der Waals surface area contributed by atoms with E-state index in [4.69, 9.17) is 17.0 Å². The van der Waals surface area contributed by atoms with Crippen molar-refractivity contribution >= 4 is 28.9 Å². The number of amides is 1. The number of rotatable bonds is 5. The molecule has 0 radical (unpaired) electrons. The maximum absolute atomic E-state index is 12.8. The Morgan fingerprint density at radius 2 is 1.48 bits per heavy atom. The maximum Gasteiger partial charge on any atom is 0.278 e. The van der Waals surface area contributed by atoms with E-state index < -0.39 is 5.91 Å². The Labute approximate surface area is 185 Å². The lowest BCUT2D eigenvalue weighted by molar-refractivity contribution is 0.0973. The molecule has 0 saturated carbocycles. The van der Waals surface area contributed by atoms with Crippen molar-refractivity contribution in [1.82, 2.24) is 15.3 Å². The summed E-state index contributed by atoms with van der Waals surface area (Å²) in [6.07, 6.45) is 3.02. The quantitative estimate of drug-likeness (QED) is 0.434. The summed E-state index contributed by atoms with van der Waals surface area (Å²) in [4.78, 5) is 21.3. The Balaban J connectivity index is 1.44. The molecule has 3 aromatic carbocycles. The minimum atomic E-state index is -0.443. The second-order valence-electron chi connectivity index (χ2n) is 6.47. The summed E-state index contributed by atoms with van der Waals surface area (Å²) in [7, 11) is 0. The first-order valence-corrected chi connectivity index (χ1v) is 9.91. The molecule has 1 aromatic heterocycles. The van der Waals surface area contributed by atoms with Crippen molar-refractivity contribution in [2.45, 2.75) is 0 Å². The van der Waals surface area contributed by atoms with Gasteiger partial charge in [0.25, 0.3) is 5.91 Å². The van der Waals surface area contributed by atoms with Gasteiger partial charge in [0, 0.05) is 29.7 Å². The molecule has 0 atom stereocenters. The largest absolute Gasteiger partial charge is 0.457 e. The number of aromatic nitrogens is 2. The van der Waals surface area contributed by atoms with E-state index in [0.717, 1.165) is 11.3 Å². The zero-order valence-electron chi connectivity index (χ0n) is 16.4. The smallest absolute Gasteiger partial charge is 0.278 e. The molecule has 2 N–H and O–H groups in total. The molecule has 0 saturated heterocycles. The first-order valence-electron chi connectivity index (χ1n) is 9.51. The molecule has 1 amide bonds. The van der Waals surface area contributed by atoms with Crippen LogP contribution < -0.4 is 15.4 Å². The maximum atomic E-state index is 12.8. The number of nitrogens with one attached hydrogen (secondary N) is 2. The average Bonchev–Trinajstić information content (AvgIpc) is 2.80. The van der Waals surface area contributed by atoms with E-state index in [-0.39, 0.29) is 10.8 Å². The SMILES string of the molecule is O=C(NC(=S)Nc1cccc(Oc2ccccc2)c1)c1nccnc1-c1ccccc1. The van der Waals surface area contributed by atoms with E-state index in [2.05, 4.69) is 20.6 Å². The number of para-hydroxylation sites is 1. The van der Waals surface area contributed by atoms with Crippen LogP contribution in [0.3, 0.4) is 0 Å². The molecule has 0 unspecified atom stereocenters.